The van der Waals surface area contributed by atoms with Crippen LogP contribution in [0.1, 0.15) is 5.56 Å². The van der Waals surface area contributed by atoms with Gasteiger partial charge in [-0.25, -0.2) is 0 Å². The highest BCUT2D eigenvalue weighted by atomic mass is 16.3. The SMILES string of the molecule is N#Cc1c(-c2coc3ccccc23)cc[nH]c1=O. The van der Waals surface area contributed by atoms with Crippen LogP contribution in [0, 0.1) is 11.3 Å². The number of fused-ring (bicyclic) bond motifs is 1. The van der Waals surface area contributed by atoms with Gasteiger partial charge in [0.25, 0.3) is 5.56 Å². The third kappa shape index (κ3) is 1.42. The van der Waals surface area contributed by atoms with E-state index in [1.54, 1.807) is 12.3 Å². The van der Waals surface area contributed by atoms with E-state index in [0.29, 0.717) is 5.56 Å². The summed E-state index contributed by atoms with van der Waals surface area (Å²) in [6, 6.07) is 11.1. The van der Waals surface area contributed by atoms with Crippen molar-refractivity contribution in [3.8, 4) is 17.2 Å². The van der Waals surface area contributed by atoms with Gasteiger partial charge in [-0.3, -0.25) is 4.79 Å². The molecule has 1 N–H and O–H groups in total. The van der Waals surface area contributed by atoms with Crippen LogP contribution in [0.25, 0.3) is 22.1 Å². The van der Waals surface area contributed by atoms with Crippen molar-refractivity contribution >= 4 is 11.0 Å². The molecule has 4 nitrogen and oxygen atoms in total. The second-order valence-corrected chi connectivity index (χ2v) is 3.85. The summed E-state index contributed by atoms with van der Waals surface area (Å²) in [5.74, 6) is 0. The fraction of sp³-hybridized carbons (Fsp3) is 0. The van der Waals surface area contributed by atoms with Gasteiger partial charge in [-0.1, -0.05) is 18.2 Å². The molecule has 0 aliphatic carbocycles. The predicted octanol–water partition coefficient (Wildman–Crippen LogP) is 2.66. The number of nitriles is 1. The minimum absolute atomic E-state index is 0.101. The zero-order chi connectivity index (χ0) is 12.5. The van der Waals surface area contributed by atoms with Crippen LogP contribution in [-0.2, 0) is 0 Å². The number of aromatic amines is 1. The van der Waals surface area contributed by atoms with Crippen LogP contribution in [-0.4, -0.2) is 4.98 Å². The number of benzene rings is 1. The smallest absolute Gasteiger partial charge is 0.266 e. The van der Waals surface area contributed by atoms with Gasteiger partial charge in [-0.2, -0.15) is 5.26 Å². The molecule has 4 heteroatoms. The highest BCUT2D eigenvalue weighted by Gasteiger charge is 2.13. The molecular formula is C14H8N2O2. The van der Waals surface area contributed by atoms with Gasteiger partial charge in [0.1, 0.15) is 17.2 Å². The predicted molar refractivity (Wildman–Crippen MR) is 67.0 cm³/mol. The lowest BCUT2D eigenvalue weighted by Crippen LogP contribution is -2.10. The molecule has 0 unspecified atom stereocenters. The van der Waals surface area contributed by atoms with Gasteiger partial charge in [0, 0.05) is 22.7 Å². The number of nitrogens with one attached hydrogen (secondary N) is 1. The fourth-order valence-corrected chi connectivity index (χ4v) is 2.00. The van der Waals surface area contributed by atoms with E-state index in [-0.39, 0.29) is 11.1 Å². The molecule has 2 heterocycles. The van der Waals surface area contributed by atoms with Crippen molar-refractivity contribution in [1.29, 1.82) is 5.26 Å². The average molecular weight is 236 g/mol. The third-order valence-corrected chi connectivity index (χ3v) is 2.84. The summed E-state index contributed by atoms with van der Waals surface area (Å²) in [5, 5.41) is 9.96. The first-order chi connectivity index (χ1) is 8.81. The van der Waals surface area contributed by atoms with Gasteiger partial charge in [0.05, 0.1) is 6.26 Å². The molecule has 0 radical (unpaired) electrons. The quantitative estimate of drug-likeness (QED) is 0.706. The first-order valence-corrected chi connectivity index (χ1v) is 5.39. The summed E-state index contributed by atoms with van der Waals surface area (Å²) >= 11 is 0. The molecule has 0 fully saturated rings. The number of rotatable bonds is 1. The lowest BCUT2D eigenvalue weighted by molar-refractivity contribution is 0.617. The van der Waals surface area contributed by atoms with Gasteiger partial charge >= 0.3 is 0 Å². The first-order valence-electron chi connectivity index (χ1n) is 5.39. The highest BCUT2D eigenvalue weighted by molar-refractivity contribution is 5.95. The summed E-state index contributed by atoms with van der Waals surface area (Å²) in [4.78, 5) is 14.1. The van der Waals surface area contributed by atoms with Crippen molar-refractivity contribution in [3.05, 3.63) is 58.7 Å². The van der Waals surface area contributed by atoms with Gasteiger partial charge in [0.15, 0.2) is 0 Å². The van der Waals surface area contributed by atoms with Crippen LogP contribution in [0.3, 0.4) is 0 Å². The number of H-pyrrole nitrogens is 1. The zero-order valence-electron chi connectivity index (χ0n) is 9.31. The van der Waals surface area contributed by atoms with Crippen LogP contribution in [0.2, 0.25) is 0 Å². The molecule has 0 aliphatic rings. The number of pyridine rings is 1. The van der Waals surface area contributed by atoms with Crippen molar-refractivity contribution < 1.29 is 4.42 Å². The molecule has 1 aromatic carbocycles. The summed E-state index contributed by atoms with van der Waals surface area (Å²) in [6.07, 6.45) is 3.10. The number of para-hydroxylation sites is 1. The van der Waals surface area contributed by atoms with Crippen molar-refractivity contribution in [2.75, 3.05) is 0 Å². The molecule has 2 aromatic heterocycles. The van der Waals surface area contributed by atoms with Crippen LogP contribution in [0.15, 0.2) is 52.0 Å². The maximum Gasteiger partial charge on any atom is 0.266 e. The van der Waals surface area contributed by atoms with Crippen LogP contribution < -0.4 is 5.56 Å². The van der Waals surface area contributed by atoms with Crippen molar-refractivity contribution in [2.45, 2.75) is 0 Å². The summed E-state index contributed by atoms with van der Waals surface area (Å²) < 4.78 is 5.42. The number of furan rings is 1. The van der Waals surface area contributed by atoms with E-state index in [9.17, 15) is 4.79 Å². The number of hydrogen-bond acceptors (Lipinski definition) is 3. The lowest BCUT2D eigenvalue weighted by Gasteiger charge is -1.99. The molecule has 0 saturated heterocycles. The number of aromatic nitrogens is 1. The Balaban J connectivity index is 2.38. The van der Waals surface area contributed by atoms with E-state index in [2.05, 4.69) is 4.98 Å². The Hall–Kier alpha value is -2.80. The molecule has 3 rings (SSSR count). The second kappa shape index (κ2) is 3.90. The molecule has 0 saturated carbocycles. The molecule has 3 aromatic rings. The minimum Gasteiger partial charge on any atom is -0.464 e. The van der Waals surface area contributed by atoms with E-state index in [1.807, 2.05) is 30.3 Å². The fourth-order valence-electron chi connectivity index (χ4n) is 2.00. The molecule has 0 amide bonds. The Morgan fingerprint density at radius 3 is 2.83 bits per heavy atom. The van der Waals surface area contributed by atoms with E-state index >= 15 is 0 Å². The van der Waals surface area contributed by atoms with Crippen LogP contribution in [0.4, 0.5) is 0 Å². The van der Waals surface area contributed by atoms with Crippen LogP contribution in [0.5, 0.6) is 0 Å². The van der Waals surface area contributed by atoms with Gasteiger partial charge in [0.2, 0.25) is 0 Å². The van der Waals surface area contributed by atoms with Crippen molar-refractivity contribution in [2.24, 2.45) is 0 Å². The summed E-state index contributed by atoms with van der Waals surface area (Å²) in [5.41, 5.74) is 1.79. The molecule has 0 atom stereocenters. The summed E-state index contributed by atoms with van der Waals surface area (Å²) in [6.45, 7) is 0. The van der Waals surface area contributed by atoms with E-state index in [0.717, 1.165) is 16.5 Å². The Bertz CT molecular complexity index is 821. The topological polar surface area (TPSA) is 69.8 Å². The van der Waals surface area contributed by atoms with Gasteiger partial charge in [-0.05, 0) is 12.1 Å². The molecular weight excluding hydrogens is 228 g/mol. The Morgan fingerprint density at radius 2 is 2.00 bits per heavy atom. The molecule has 0 aliphatic heterocycles. The van der Waals surface area contributed by atoms with E-state index in [4.69, 9.17) is 9.68 Å². The van der Waals surface area contributed by atoms with E-state index < -0.39 is 0 Å². The van der Waals surface area contributed by atoms with Crippen molar-refractivity contribution in [3.63, 3.8) is 0 Å². The Morgan fingerprint density at radius 1 is 1.17 bits per heavy atom. The molecule has 0 bridgehead atoms. The molecule has 18 heavy (non-hydrogen) atoms. The monoisotopic (exact) mass is 236 g/mol. The number of hydrogen-bond donors (Lipinski definition) is 1. The standard InChI is InChI=1S/C14H8N2O2/c15-7-11-9(5-6-16-14(11)17)12-8-18-13-4-2-1-3-10(12)13/h1-6,8H,(H,16,17). The number of nitrogens with zero attached hydrogens (tertiary/aromatic N) is 1. The van der Waals surface area contributed by atoms with Crippen molar-refractivity contribution in [1.82, 2.24) is 4.98 Å². The normalized spacial score (nSPS) is 10.4. The van der Waals surface area contributed by atoms with E-state index in [1.165, 1.54) is 6.20 Å². The highest BCUT2D eigenvalue weighted by Crippen LogP contribution is 2.30. The maximum atomic E-state index is 11.6. The maximum absolute atomic E-state index is 11.6. The van der Waals surface area contributed by atoms with Gasteiger partial charge in [-0.15, -0.1) is 0 Å². The second-order valence-electron chi connectivity index (χ2n) is 3.85. The zero-order valence-corrected chi connectivity index (χ0v) is 9.31. The molecule has 0 spiro atoms. The Labute approximate surface area is 102 Å². The largest absolute Gasteiger partial charge is 0.464 e. The average Bonchev–Trinajstić information content (AvgIpc) is 2.82. The first kappa shape index (κ1) is 10.4. The molecule has 86 valence electrons. The van der Waals surface area contributed by atoms with Crippen LogP contribution >= 0.6 is 0 Å². The minimum atomic E-state index is -0.389. The lowest BCUT2D eigenvalue weighted by atomic mass is 10.0. The third-order valence-electron chi connectivity index (χ3n) is 2.84. The summed E-state index contributed by atoms with van der Waals surface area (Å²) in [7, 11) is 0. The Kier molecular flexibility index (Phi) is 2.24. The van der Waals surface area contributed by atoms with Gasteiger partial charge < -0.3 is 9.40 Å².